The van der Waals surface area contributed by atoms with Crippen molar-refractivity contribution in [3.63, 3.8) is 0 Å². The van der Waals surface area contributed by atoms with Gasteiger partial charge >= 0.3 is 13.8 Å². The molecule has 0 amide bonds. The molecular formula is C13H25O6P. The molecule has 0 heterocycles. The molecule has 0 spiro atoms. The van der Waals surface area contributed by atoms with Crippen LogP contribution in [-0.4, -0.2) is 30.7 Å². The zero-order valence-corrected chi connectivity index (χ0v) is 13.0. The van der Waals surface area contributed by atoms with Gasteiger partial charge in [-0.25, -0.2) is 9.36 Å². The summed E-state index contributed by atoms with van der Waals surface area (Å²) < 4.78 is 25.5. The number of hydrogen-bond donors (Lipinski definition) is 1. The highest BCUT2D eigenvalue weighted by molar-refractivity contribution is 7.47. The second kappa shape index (κ2) is 12.1. The van der Waals surface area contributed by atoms with Crippen molar-refractivity contribution < 1.29 is 28.0 Å². The summed E-state index contributed by atoms with van der Waals surface area (Å²) in [6.45, 7) is 5.25. The number of ether oxygens (including phenoxy) is 1. The van der Waals surface area contributed by atoms with Gasteiger partial charge < -0.3 is 9.63 Å². The Kier molecular flexibility index (Phi) is 11.7. The van der Waals surface area contributed by atoms with E-state index in [1.54, 1.807) is 0 Å². The maximum absolute atomic E-state index is 11.4. The van der Waals surface area contributed by atoms with Crippen molar-refractivity contribution in [1.29, 1.82) is 0 Å². The van der Waals surface area contributed by atoms with E-state index >= 15 is 0 Å². The van der Waals surface area contributed by atoms with Gasteiger partial charge in [-0.15, -0.1) is 0 Å². The molecule has 0 fully saturated rings. The van der Waals surface area contributed by atoms with E-state index in [0.717, 1.165) is 25.3 Å². The molecule has 118 valence electrons. The molecule has 0 aromatic carbocycles. The molecule has 1 atom stereocenters. The fraction of sp³-hybridized carbons (Fsp3) is 0.769. The van der Waals surface area contributed by atoms with E-state index in [2.05, 4.69) is 22.8 Å². The predicted molar refractivity (Wildman–Crippen MR) is 76.3 cm³/mol. The summed E-state index contributed by atoms with van der Waals surface area (Å²) in [5, 5.41) is 0. The zero-order chi connectivity index (χ0) is 15.3. The van der Waals surface area contributed by atoms with E-state index in [9.17, 15) is 14.3 Å². The van der Waals surface area contributed by atoms with E-state index in [1.165, 1.54) is 19.3 Å². The summed E-state index contributed by atoms with van der Waals surface area (Å²) in [6, 6.07) is 0. The number of rotatable bonds is 13. The van der Waals surface area contributed by atoms with Gasteiger partial charge in [0.05, 0.1) is 13.2 Å². The summed E-state index contributed by atoms with van der Waals surface area (Å²) in [7, 11) is -4.04. The number of carbonyl (C=O) groups excluding carboxylic acids is 1. The van der Waals surface area contributed by atoms with Crippen LogP contribution >= 0.6 is 7.82 Å². The van der Waals surface area contributed by atoms with Crippen molar-refractivity contribution in [2.45, 2.75) is 45.4 Å². The maximum atomic E-state index is 11.4. The average molecular weight is 308 g/mol. The molecule has 7 heteroatoms. The number of esters is 1. The van der Waals surface area contributed by atoms with E-state index < -0.39 is 13.8 Å². The number of phosphoric ester groups is 1. The van der Waals surface area contributed by atoms with Crippen LogP contribution in [0.25, 0.3) is 0 Å². The van der Waals surface area contributed by atoms with Crippen molar-refractivity contribution in [3.05, 3.63) is 12.7 Å². The Morgan fingerprint density at radius 1 is 1.10 bits per heavy atom. The fourth-order valence-corrected chi connectivity index (χ4v) is 2.19. The van der Waals surface area contributed by atoms with Crippen LogP contribution in [0.2, 0.25) is 0 Å². The summed E-state index contributed by atoms with van der Waals surface area (Å²) in [6.07, 6.45) is 7.38. The zero-order valence-electron chi connectivity index (χ0n) is 12.1. The van der Waals surface area contributed by atoms with E-state index in [4.69, 9.17) is 4.52 Å². The lowest BCUT2D eigenvalue weighted by Crippen LogP contribution is -2.08. The lowest BCUT2D eigenvalue weighted by atomic mass is 10.1. The van der Waals surface area contributed by atoms with Crippen LogP contribution in [0.5, 0.6) is 0 Å². The summed E-state index contributed by atoms with van der Waals surface area (Å²) in [4.78, 5) is 20.0. The summed E-state index contributed by atoms with van der Waals surface area (Å²) in [5.41, 5.74) is 0. The SMILES string of the molecule is C=CC(=O)OCCOP(=O)(O)OCCCCCCCC. The predicted octanol–water partition coefficient (Wildman–Crippen LogP) is 3.21. The van der Waals surface area contributed by atoms with Gasteiger partial charge in [0.25, 0.3) is 0 Å². The van der Waals surface area contributed by atoms with Crippen molar-refractivity contribution in [2.24, 2.45) is 0 Å². The Balaban J connectivity index is 3.51. The Hall–Kier alpha value is -0.680. The minimum absolute atomic E-state index is 0.115. The lowest BCUT2D eigenvalue weighted by molar-refractivity contribution is -0.138. The molecule has 0 aliphatic carbocycles. The molecule has 0 saturated heterocycles. The topological polar surface area (TPSA) is 82.1 Å². The molecule has 0 aromatic rings. The molecular weight excluding hydrogens is 283 g/mol. The van der Waals surface area contributed by atoms with Crippen LogP contribution in [0.4, 0.5) is 0 Å². The van der Waals surface area contributed by atoms with Crippen molar-refractivity contribution in [1.82, 2.24) is 0 Å². The highest BCUT2D eigenvalue weighted by atomic mass is 31.2. The standard InChI is InChI=1S/C13H25O6P/c1-3-5-6-7-8-9-10-18-20(15,16)19-12-11-17-13(14)4-2/h4H,2-3,5-12H2,1H3,(H,15,16). The van der Waals surface area contributed by atoms with Gasteiger partial charge in [0.1, 0.15) is 6.61 Å². The number of unbranched alkanes of at least 4 members (excludes halogenated alkanes) is 5. The van der Waals surface area contributed by atoms with Gasteiger partial charge in [-0.3, -0.25) is 9.05 Å². The minimum atomic E-state index is -4.04. The van der Waals surface area contributed by atoms with E-state index in [-0.39, 0.29) is 19.8 Å². The largest absolute Gasteiger partial charge is 0.472 e. The molecule has 20 heavy (non-hydrogen) atoms. The molecule has 1 N–H and O–H groups in total. The number of carbonyl (C=O) groups is 1. The van der Waals surface area contributed by atoms with E-state index in [1.807, 2.05) is 0 Å². The third-order valence-electron chi connectivity index (χ3n) is 2.50. The molecule has 0 bridgehead atoms. The molecule has 1 unspecified atom stereocenters. The first kappa shape index (κ1) is 19.3. The van der Waals surface area contributed by atoms with Crippen molar-refractivity contribution >= 4 is 13.8 Å². The summed E-state index contributed by atoms with van der Waals surface area (Å²) in [5.74, 6) is -0.602. The second-order valence-corrected chi connectivity index (χ2v) is 5.73. The Morgan fingerprint density at radius 3 is 2.35 bits per heavy atom. The highest BCUT2D eigenvalue weighted by Crippen LogP contribution is 2.43. The molecule has 0 saturated carbocycles. The van der Waals surface area contributed by atoms with Crippen LogP contribution in [-0.2, 0) is 23.1 Å². The number of hydrogen-bond acceptors (Lipinski definition) is 5. The van der Waals surface area contributed by atoms with E-state index in [0.29, 0.717) is 0 Å². The van der Waals surface area contributed by atoms with Gasteiger partial charge in [0, 0.05) is 6.08 Å². The molecule has 0 aliphatic rings. The van der Waals surface area contributed by atoms with Crippen molar-refractivity contribution in [3.8, 4) is 0 Å². The Bertz CT molecular complexity index is 318. The lowest BCUT2D eigenvalue weighted by Gasteiger charge is -2.11. The van der Waals surface area contributed by atoms with Gasteiger partial charge in [-0.2, -0.15) is 0 Å². The highest BCUT2D eigenvalue weighted by Gasteiger charge is 2.20. The molecule has 0 rings (SSSR count). The van der Waals surface area contributed by atoms with Gasteiger partial charge in [0.15, 0.2) is 0 Å². The van der Waals surface area contributed by atoms with Gasteiger partial charge in [0.2, 0.25) is 0 Å². The molecule has 0 radical (unpaired) electrons. The summed E-state index contributed by atoms with van der Waals surface area (Å²) >= 11 is 0. The third-order valence-corrected chi connectivity index (χ3v) is 3.52. The quantitative estimate of drug-likeness (QED) is 0.243. The molecule has 0 aliphatic heterocycles. The van der Waals surface area contributed by atoms with Crippen LogP contribution < -0.4 is 0 Å². The van der Waals surface area contributed by atoms with Crippen molar-refractivity contribution in [2.75, 3.05) is 19.8 Å². The smallest absolute Gasteiger partial charge is 0.460 e. The van der Waals surface area contributed by atoms with Crippen LogP contribution in [0.3, 0.4) is 0 Å². The maximum Gasteiger partial charge on any atom is 0.472 e. The fourth-order valence-electron chi connectivity index (χ4n) is 1.45. The first-order chi connectivity index (χ1) is 9.52. The third kappa shape index (κ3) is 12.4. The second-order valence-electron chi connectivity index (χ2n) is 4.27. The van der Waals surface area contributed by atoms with Gasteiger partial charge in [-0.05, 0) is 6.42 Å². The van der Waals surface area contributed by atoms with Crippen LogP contribution in [0.1, 0.15) is 45.4 Å². The Morgan fingerprint density at radius 2 is 1.70 bits per heavy atom. The van der Waals surface area contributed by atoms with Crippen LogP contribution in [0.15, 0.2) is 12.7 Å². The monoisotopic (exact) mass is 308 g/mol. The molecule has 6 nitrogen and oxygen atoms in total. The first-order valence-corrected chi connectivity index (χ1v) is 8.42. The number of phosphoric acid groups is 1. The normalized spacial score (nSPS) is 13.7. The molecule has 0 aromatic heterocycles. The first-order valence-electron chi connectivity index (χ1n) is 6.93. The van der Waals surface area contributed by atoms with Crippen LogP contribution in [0, 0.1) is 0 Å². The Labute approximate surface area is 120 Å². The minimum Gasteiger partial charge on any atom is -0.460 e. The average Bonchev–Trinajstić information content (AvgIpc) is 2.42. The van der Waals surface area contributed by atoms with Gasteiger partial charge in [-0.1, -0.05) is 45.6 Å².